The van der Waals surface area contributed by atoms with Gasteiger partial charge in [-0.15, -0.1) is 0 Å². The topological polar surface area (TPSA) is 60.4 Å². The van der Waals surface area contributed by atoms with E-state index in [0.717, 1.165) is 12.8 Å². The Morgan fingerprint density at radius 1 is 1.28 bits per heavy atom. The average molecular weight is 252 g/mol. The SMILES string of the molecule is CC(=O)[C@@H]1CC[C@@]2(C)CCC(=O)O[C@@]2(C(C)=O)C1. The van der Waals surface area contributed by atoms with E-state index >= 15 is 0 Å². The zero-order valence-electron chi connectivity index (χ0n) is 11.2. The van der Waals surface area contributed by atoms with E-state index in [2.05, 4.69) is 0 Å². The van der Waals surface area contributed by atoms with Crippen molar-refractivity contribution in [3.8, 4) is 0 Å². The van der Waals surface area contributed by atoms with Crippen molar-refractivity contribution in [1.82, 2.24) is 0 Å². The fourth-order valence-electron chi connectivity index (χ4n) is 3.49. The van der Waals surface area contributed by atoms with Crippen molar-refractivity contribution in [2.24, 2.45) is 11.3 Å². The van der Waals surface area contributed by atoms with Gasteiger partial charge in [-0.25, -0.2) is 0 Å². The van der Waals surface area contributed by atoms with Gasteiger partial charge in [0.05, 0.1) is 0 Å². The predicted molar refractivity (Wildman–Crippen MR) is 64.9 cm³/mol. The summed E-state index contributed by atoms with van der Waals surface area (Å²) in [6.07, 6.45) is 2.97. The van der Waals surface area contributed by atoms with Crippen LogP contribution < -0.4 is 0 Å². The summed E-state index contributed by atoms with van der Waals surface area (Å²) < 4.78 is 5.48. The van der Waals surface area contributed by atoms with E-state index in [1.807, 2.05) is 6.92 Å². The molecule has 4 nitrogen and oxygen atoms in total. The van der Waals surface area contributed by atoms with Crippen LogP contribution in [0.25, 0.3) is 0 Å². The second-order valence-electron chi connectivity index (χ2n) is 5.97. The summed E-state index contributed by atoms with van der Waals surface area (Å²) in [5.74, 6) is -0.511. The van der Waals surface area contributed by atoms with Gasteiger partial charge in [0.25, 0.3) is 0 Å². The summed E-state index contributed by atoms with van der Waals surface area (Å²) in [7, 11) is 0. The summed E-state index contributed by atoms with van der Waals surface area (Å²) in [4.78, 5) is 35.2. The number of hydrogen-bond acceptors (Lipinski definition) is 4. The Hall–Kier alpha value is -1.19. The molecule has 18 heavy (non-hydrogen) atoms. The minimum atomic E-state index is -1.07. The van der Waals surface area contributed by atoms with Crippen LogP contribution in [0.3, 0.4) is 0 Å². The van der Waals surface area contributed by atoms with E-state index in [1.54, 1.807) is 6.92 Å². The molecule has 0 amide bonds. The Morgan fingerprint density at radius 3 is 2.50 bits per heavy atom. The number of rotatable bonds is 2. The Labute approximate surface area is 107 Å². The lowest BCUT2D eigenvalue weighted by Gasteiger charge is -2.53. The van der Waals surface area contributed by atoms with Crippen molar-refractivity contribution in [2.75, 3.05) is 0 Å². The number of Topliss-reactive ketones (excluding diaryl/α,β-unsaturated/α-hetero) is 2. The third-order valence-corrected chi connectivity index (χ3v) is 4.87. The quantitative estimate of drug-likeness (QED) is 0.706. The Morgan fingerprint density at radius 2 is 1.94 bits per heavy atom. The molecule has 1 aliphatic heterocycles. The lowest BCUT2D eigenvalue weighted by molar-refractivity contribution is -0.206. The lowest BCUT2D eigenvalue weighted by atomic mass is 9.56. The molecular weight excluding hydrogens is 232 g/mol. The number of carbonyl (C=O) groups is 3. The minimum Gasteiger partial charge on any atom is -0.450 e. The van der Waals surface area contributed by atoms with Crippen molar-refractivity contribution in [3.63, 3.8) is 0 Å². The molecule has 0 unspecified atom stereocenters. The molecule has 2 fully saturated rings. The molecule has 4 heteroatoms. The highest BCUT2D eigenvalue weighted by molar-refractivity contribution is 5.91. The smallest absolute Gasteiger partial charge is 0.306 e. The number of ether oxygens (including phenoxy) is 1. The van der Waals surface area contributed by atoms with Gasteiger partial charge >= 0.3 is 5.97 Å². The van der Waals surface area contributed by atoms with Gasteiger partial charge < -0.3 is 4.74 Å². The first-order valence-electron chi connectivity index (χ1n) is 6.54. The van der Waals surface area contributed by atoms with Crippen LogP contribution in [-0.2, 0) is 19.1 Å². The molecule has 0 spiro atoms. The Bertz CT molecular complexity index is 414. The monoisotopic (exact) mass is 252 g/mol. The van der Waals surface area contributed by atoms with Crippen LogP contribution in [0.2, 0.25) is 0 Å². The maximum Gasteiger partial charge on any atom is 0.306 e. The third kappa shape index (κ3) is 1.78. The molecule has 100 valence electrons. The molecular formula is C14H20O4. The summed E-state index contributed by atoms with van der Waals surface area (Å²) >= 11 is 0. The molecule has 2 aliphatic rings. The maximum atomic E-state index is 12.1. The van der Waals surface area contributed by atoms with Crippen LogP contribution in [0.4, 0.5) is 0 Å². The molecule has 0 aromatic carbocycles. The first-order valence-corrected chi connectivity index (χ1v) is 6.54. The van der Waals surface area contributed by atoms with E-state index in [9.17, 15) is 14.4 Å². The number of ketones is 2. The zero-order chi connectivity index (χ0) is 13.6. The molecule has 1 saturated carbocycles. The molecule has 1 heterocycles. The van der Waals surface area contributed by atoms with Gasteiger partial charge in [0, 0.05) is 24.2 Å². The van der Waals surface area contributed by atoms with Gasteiger partial charge in [0.15, 0.2) is 11.4 Å². The maximum absolute atomic E-state index is 12.1. The Kier molecular flexibility index (Phi) is 3.07. The minimum absolute atomic E-state index is 0.0827. The van der Waals surface area contributed by atoms with Crippen LogP contribution in [0.15, 0.2) is 0 Å². The van der Waals surface area contributed by atoms with E-state index in [-0.39, 0.29) is 28.9 Å². The van der Waals surface area contributed by atoms with Crippen LogP contribution in [0, 0.1) is 11.3 Å². The second kappa shape index (κ2) is 4.18. The van der Waals surface area contributed by atoms with Crippen LogP contribution in [0.5, 0.6) is 0 Å². The number of carbonyl (C=O) groups excluding carboxylic acids is 3. The normalized spacial score (nSPS) is 39.7. The molecule has 0 aromatic rings. The van der Waals surface area contributed by atoms with Gasteiger partial charge in [0.2, 0.25) is 0 Å². The van der Waals surface area contributed by atoms with Crippen molar-refractivity contribution < 1.29 is 19.1 Å². The van der Waals surface area contributed by atoms with E-state index < -0.39 is 5.60 Å². The Balaban J connectivity index is 2.40. The second-order valence-corrected chi connectivity index (χ2v) is 5.97. The van der Waals surface area contributed by atoms with Gasteiger partial charge in [-0.3, -0.25) is 14.4 Å². The molecule has 2 rings (SSSR count). The molecule has 3 atom stereocenters. The summed E-state index contributed by atoms with van der Waals surface area (Å²) in [6.45, 7) is 5.03. The zero-order valence-corrected chi connectivity index (χ0v) is 11.2. The van der Waals surface area contributed by atoms with Crippen molar-refractivity contribution in [2.45, 2.75) is 58.5 Å². The molecule has 1 aliphatic carbocycles. The number of hydrogen-bond donors (Lipinski definition) is 0. The molecule has 0 radical (unpaired) electrons. The van der Waals surface area contributed by atoms with Gasteiger partial charge in [-0.2, -0.15) is 0 Å². The highest BCUT2D eigenvalue weighted by Gasteiger charge is 2.60. The number of fused-ring (bicyclic) bond motifs is 1. The molecule has 1 saturated heterocycles. The van der Waals surface area contributed by atoms with E-state index in [1.165, 1.54) is 6.92 Å². The fourth-order valence-corrected chi connectivity index (χ4v) is 3.49. The van der Waals surface area contributed by atoms with Crippen LogP contribution in [-0.4, -0.2) is 23.1 Å². The number of esters is 1. The highest BCUT2D eigenvalue weighted by Crippen LogP contribution is 2.54. The highest BCUT2D eigenvalue weighted by atomic mass is 16.6. The summed E-state index contributed by atoms with van der Waals surface area (Å²) in [5.41, 5.74) is -1.38. The van der Waals surface area contributed by atoms with E-state index in [0.29, 0.717) is 19.3 Å². The molecule has 0 N–H and O–H groups in total. The lowest BCUT2D eigenvalue weighted by Crippen LogP contribution is -2.61. The van der Waals surface area contributed by atoms with Crippen molar-refractivity contribution in [3.05, 3.63) is 0 Å². The van der Waals surface area contributed by atoms with Gasteiger partial charge in [-0.05, 0) is 33.1 Å². The average Bonchev–Trinajstić information content (AvgIpc) is 2.28. The van der Waals surface area contributed by atoms with Crippen molar-refractivity contribution >= 4 is 17.5 Å². The largest absolute Gasteiger partial charge is 0.450 e. The summed E-state index contributed by atoms with van der Waals surface area (Å²) in [5, 5.41) is 0. The first-order chi connectivity index (χ1) is 8.31. The van der Waals surface area contributed by atoms with E-state index in [4.69, 9.17) is 4.74 Å². The molecule has 0 bridgehead atoms. The van der Waals surface area contributed by atoms with Crippen LogP contribution in [0.1, 0.15) is 52.9 Å². The predicted octanol–water partition coefficient (Wildman–Crippen LogP) is 2.05. The third-order valence-electron chi connectivity index (χ3n) is 4.87. The fraction of sp³-hybridized carbons (Fsp3) is 0.786. The van der Waals surface area contributed by atoms with Crippen molar-refractivity contribution in [1.29, 1.82) is 0 Å². The van der Waals surface area contributed by atoms with Gasteiger partial charge in [-0.1, -0.05) is 6.92 Å². The standard InChI is InChI=1S/C14H20O4/c1-9(15)11-4-6-13(3)7-5-12(17)18-14(13,8-11)10(2)16/h11H,4-8H2,1-3H3/t11-,13+,14-/m1/s1. The first kappa shape index (κ1) is 13.2. The van der Waals surface area contributed by atoms with Crippen LogP contribution >= 0.6 is 0 Å². The molecule has 0 aromatic heterocycles. The van der Waals surface area contributed by atoms with Gasteiger partial charge in [0.1, 0.15) is 5.78 Å². The summed E-state index contributed by atoms with van der Waals surface area (Å²) in [6, 6.07) is 0.